The monoisotopic (exact) mass is 326 g/mol. The van der Waals surface area contributed by atoms with E-state index >= 15 is 0 Å². The van der Waals surface area contributed by atoms with Crippen molar-refractivity contribution in [2.24, 2.45) is 0 Å². The fraction of sp³-hybridized carbons (Fsp3) is 0.231. The van der Waals surface area contributed by atoms with Crippen LogP contribution in [0.4, 0.5) is 11.4 Å². The van der Waals surface area contributed by atoms with E-state index in [1.165, 1.54) is 17.4 Å². The molecule has 1 aromatic heterocycles. The van der Waals surface area contributed by atoms with Crippen LogP contribution in [0.3, 0.4) is 0 Å². The lowest BCUT2D eigenvalue weighted by Gasteiger charge is -2.14. The van der Waals surface area contributed by atoms with Crippen LogP contribution < -0.4 is 14.8 Å². The van der Waals surface area contributed by atoms with Gasteiger partial charge in [-0.15, -0.1) is 11.3 Å². The van der Waals surface area contributed by atoms with Gasteiger partial charge in [0.25, 0.3) is 5.69 Å². The first-order valence-electron chi connectivity index (χ1n) is 6.13. The molecule has 1 aliphatic rings. The Kier molecular flexibility index (Phi) is 3.60. The van der Waals surface area contributed by atoms with Crippen molar-refractivity contribution in [1.29, 1.82) is 0 Å². The van der Waals surface area contributed by atoms with E-state index in [0.717, 1.165) is 5.56 Å². The van der Waals surface area contributed by atoms with Crippen LogP contribution in [0.1, 0.15) is 18.5 Å². The van der Waals surface area contributed by atoms with E-state index in [1.807, 2.05) is 18.4 Å². The maximum absolute atomic E-state index is 11.2. The van der Waals surface area contributed by atoms with E-state index in [1.54, 1.807) is 6.07 Å². The number of anilines is 1. The number of benzene rings is 1. The Labute approximate surface area is 129 Å². The number of hydrogen-bond donors (Lipinski definition) is 1. The highest BCUT2D eigenvalue weighted by Crippen LogP contribution is 2.41. The molecule has 110 valence electrons. The van der Waals surface area contributed by atoms with Gasteiger partial charge in [0.1, 0.15) is 5.69 Å². The minimum absolute atomic E-state index is 0.0487. The molecule has 0 saturated carbocycles. The second-order valence-corrected chi connectivity index (χ2v) is 6.07. The first kappa shape index (κ1) is 14.0. The molecular formula is C13H11ClN2O4S. The summed E-state index contributed by atoms with van der Waals surface area (Å²) in [5.74, 6) is 0.886. The predicted molar refractivity (Wildman–Crippen MR) is 80.6 cm³/mol. The number of fused-ring (bicyclic) bond motifs is 1. The van der Waals surface area contributed by atoms with Crippen LogP contribution in [0.2, 0.25) is 4.34 Å². The van der Waals surface area contributed by atoms with Crippen molar-refractivity contribution in [2.45, 2.75) is 13.0 Å². The maximum atomic E-state index is 11.2. The summed E-state index contributed by atoms with van der Waals surface area (Å²) in [5, 5.41) is 16.2. The molecule has 2 heterocycles. The summed E-state index contributed by atoms with van der Waals surface area (Å²) in [6.07, 6.45) is 0. The van der Waals surface area contributed by atoms with Gasteiger partial charge < -0.3 is 14.8 Å². The van der Waals surface area contributed by atoms with Gasteiger partial charge in [0.05, 0.1) is 15.3 Å². The summed E-state index contributed by atoms with van der Waals surface area (Å²) >= 11 is 7.33. The molecular weight excluding hydrogens is 316 g/mol. The van der Waals surface area contributed by atoms with Crippen LogP contribution in [0.25, 0.3) is 0 Å². The topological polar surface area (TPSA) is 73.6 Å². The van der Waals surface area contributed by atoms with Gasteiger partial charge in [0, 0.05) is 12.1 Å². The van der Waals surface area contributed by atoms with Crippen molar-refractivity contribution >= 4 is 34.3 Å². The number of ether oxygens (including phenoxy) is 2. The van der Waals surface area contributed by atoms with Gasteiger partial charge in [-0.2, -0.15) is 0 Å². The summed E-state index contributed by atoms with van der Waals surface area (Å²) in [5.41, 5.74) is 1.31. The van der Waals surface area contributed by atoms with Crippen molar-refractivity contribution in [3.8, 4) is 11.5 Å². The number of thiophene rings is 1. The Bertz CT molecular complexity index is 703. The number of nitro groups is 1. The van der Waals surface area contributed by atoms with Crippen molar-refractivity contribution in [2.75, 3.05) is 12.1 Å². The van der Waals surface area contributed by atoms with Gasteiger partial charge in [-0.3, -0.25) is 10.1 Å². The Morgan fingerprint density at radius 1 is 1.38 bits per heavy atom. The molecule has 0 radical (unpaired) electrons. The molecule has 2 aromatic rings. The fourth-order valence-corrected chi connectivity index (χ4v) is 3.05. The molecule has 1 unspecified atom stereocenters. The molecule has 0 saturated heterocycles. The Balaban J connectivity index is 1.92. The Hall–Kier alpha value is -1.99. The van der Waals surface area contributed by atoms with Crippen LogP contribution in [-0.4, -0.2) is 11.7 Å². The number of hydrogen-bond acceptors (Lipinski definition) is 6. The van der Waals surface area contributed by atoms with Gasteiger partial charge >= 0.3 is 0 Å². The molecule has 8 heteroatoms. The molecule has 6 nitrogen and oxygen atoms in total. The lowest BCUT2D eigenvalue weighted by atomic mass is 10.1. The Morgan fingerprint density at radius 2 is 2.10 bits per heavy atom. The first-order chi connectivity index (χ1) is 10.0. The average molecular weight is 327 g/mol. The Morgan fingerprint density at radius 3 is 2.71 bits per heavy atom. The number of halogens is 1. The quantitative estimate of drug-likeness (QED) is 0.673. The molecule has 1 aromatic carbocycles. The van der Waals surface area contributed by atoms with E-state index in [-0.39, 0.29) is 18.5 Å². The van der Waals surface area contributed by atoms with E-state index in [9.17, 15) is 10.1 Å². The highest BCUT2D eigenvalue weighted by molar-refractivity contribution is 7.14. The maximum Gasteiger partial charge on any atom is 0.296 e. The summed E-state index contributed by atoms with van der Waals surface area (Å²) in [6.45, 7) is 1.98. The van der Waals surface area contributed by atoms with Crippen LogP contribution in [0.5, 0.6) is 11.5 Å². The van der Waals surface area contributed by atoms with Gasteiger partial charge in [-0.25, -0.2) is 0 Å². The number of nitrogens with one attached hydrogen (secondary N) is 1. The van der Waals surface area contributed by atoms with E-state index < -0.39 is 4.92 Å². The largest absolute Gasteiger partial charge is 0.454 e. The lowest BCUT2D eigenvalue weighted by molar-refractivity contribution is -0.384. The molecule has 0 fully saturated rings. The van der Waals surface area contributed by atoms with Crippen LogP contribution in [-0.2, 0) is 0 Å². The third-order valence-electron chi connectivity index (χ3n) is 3.15. The zero-order valence-electron chi connectivity index (χ0n) is 11.0. The molecule has 1 N–H and O–H groups in total. The summed E-state index contributed by atoms with van der Waals surface area (Å²) in [6, 6.07) is 4.68. The summed E-state index contributed by atoms with van der Waals surface area (Å²) in [4.78, 5) is 10.7. The van der Waals surface area contributed by atoms with Crippen LogP contribution in [0, 0.1) is 10.1 Å². The van der Waals surface area contributed by atoms with E-state index in [4.69, 9.17) is 21.1 Å². The molecule has 0 spiro atoms. The summed E-state index contributed by atoms with van der Waals surface area (Å²) in [7, 11) is 0. The molecule has 3 rings (SSSR count). The summed E-state index contributed by atoms with van der Waals surface area (Å²) < 4.78 is 11.1. The van der Waals surface area contributed by atoms with Crippen molar-refractivity contribution in [1.82, 2.24) is 0 Å². The molecule has 0 amide bonds. The highest BCUT2D eigenvalue weighted by atomic mass is 35.5. The number of nitro benzene ring substituents is 1. The van der Waals surface area contributed by atoms with Crippen LogP contribution >= 0.6 is 22.9 Å². The van der Waals surface area contributed by atoms with Crippen LogP contribution in [0.15, 0.2) is 23.6 Å². The third-order valence-corrected chi connectivity index (χ3v) is 4.26. The SMILES string of the molecule is CC(Nc1cc2c(cc1[N+](=O)[O-])OCO2)c1csc(Cl)c1. The van der Waals surface area contributed by atoms with Crippen molar-refractivity contribution in [3.63, 3.8) is 0 Å². The second-order valence-electron chi connectivity index (χ2n) is 4.53. The smallest absolute Gasteiger partial charge is 0.296 e. The van der Waals surface area contributed by atoms with E-state index in [2.05, 4.69) is 5.32 Å². The van der Waals surface area contributed by atoms with E-state index in [0.29, 0.717) is 21.5 Å². The third kappa shape index (κ3) is 2.74. The second kappa shape index (κ2) is 5.42. The number of rotatable bonds is 4. The minimum Gasteiger partial charge on any atom is -0.454 e. The molecule has 1 atom stereocenters. The predicted octanol–water partition coefficient (Wildman–Crippen LogP) is 4.21. The highest BCUT2D eigenvalue weighted by Gasteiger charge is 2.24. The normalized spacial score (nSPS) is 14.0. The van der Waals surface area contributed by atoms with Gasteiger partial charge in [0.2, 0.25) is 6.79 Å². The first-order valence-corrected chi connectivity index (χ1v) is 7.39. The molecule has 1 aliphatic heterocycles. The van der Waals surface area contributed by atoms with Crippen molar-refractivity contribution < 1.29 is 14.4 Å². The van der Waals surface area contributed by atoms with Gasteiger partial charge in [0.15, 0.2) is 11.5 Å². The zero-order chi connectivity index (χ0) is 15.0. The number of nitrogens with zero attached hydrogens (tertiary/aromatic N) is 1. The zero-order valence-corrected chi connectivity index (χ0v) is 12.5. The minimum atomic E-state index is -0.447. The molecule has 21 heavy (non-hydrogen) atoms. The molecule has 0 bridgehead atoms. The lowest BCUT2D eigenvalue weighted by Crippen LogP contribution is -2.07. The van der Waals surface area contributed by atoms with Gasteiger partial charge in [-0.05, 0) is 23.9 Å². The standard InChI is InChI=1S/C13H11ClN2O4S/c1-7(8-2-13(14)21-5-8)15-9-3-11-12(20-6-19-11)4-10(9)16(17)18/h2-5,7,15H,6H2,1H3. The van der Waals surface area contributed by atoms with Gasteiger partial charge in [-0.1, -0.05) is 11.6 Å². The molecule has 0 aliphatic carbocycles. The van der Waals surface area contributed by atoms with Crippen molar-refractivity contribution in [3.05, 3.63) is 43.6 Å². The average Bonchev–Trinajstić information content (AvgIpc) is 3.05. The fourth-order valence-electron chi connectivity index (χ4n) is 2.06.